The van der Waals surface area contributed by atoms with Crippen molar-refractivity contribution in [3.05, 3.63) is 70.7 Å². The Hall–Kier alpha value is -3.13. The summed E-state index contributed by atoms with van der Waals surface area (Å²) in [5.74, 6) is 0.747. The van der Waals surface area contributed by atoms with Crippen LogP contribution in [-0.2, 0) is 10.5 Å². The minimum Gasteiger partial charge on any atom is -0.361 e. The number of aryl methyl sites for hydroxylation is 2. The molecule has 156 valence electrons. The number of likely N-dealkylation sites (N-methyl/N-ethyl adjacent to an activating group) is 1. The molecule has 0 atom stereocenters. The van der Waals surface area contributed by atoms with Crippen LogP contribution in [-0.4, -0.2) is 40.4 Å². The fraction of sp³-hybridized carbons (Fsp3) is 0.273. The Kier molecular flexibility index (Phi) is 6.89. The molecule has 7 nitrogen and oxygen atoms in total. The number of hydrogen-bond donors (Lipinski definition) is 1. The van der Waals surface area contributed by atoms with Gasteiger partial charge in [-0.05, 0) is 50.1 Å². The van der Waals surface area contributed by atoms with Crippen molar-refractivity contribution >= 4 is 29.3 Å². The van der Waals surface area contributed by atoms with Crippen LogP contribution in [0.2, 0.25) is 0 Å². The quantitative estimate of drug-likeness (QED) is 0.577. The molecule has 2 aromatic heterocycles. The lowest BCUT2D eigenvalue weighted by molar-refractivity contribution is -0.116. The number of hydrogen-bond acceptors (Lipinski definition) is 6. The Balaban J connectivity index is 1.65. The number of aromatic nitrogens is 2. The predicted molar refractivity (Wildman–Crippen MR) is 117 cm³/mol. The van der Waals surface area contributed by atoms with E-state index in [0.717, 1.165) is 28.3 Å². The van der Waals surface area contributed by atoms with E-state index in [9.17, 15) is 9.59 Å². The minimum absolute atomic E-state index is 0.0618. The van der Waals surface area contributed by atoms with E-state index < -0.39 is 0 Å². The number of carbonyl (C=O) groups is 2. The van der Waals surface area contributed by atoms with Gasteiger partial charge in [0.1, 0.15) is 10.8 Å². The molecule has 2 heterocycles. The van der Waals surface area contributed by atoms with Crippen molar-refractivity contribution < 1.29 is 14.1 Å². The molecule has 0 spiro atoms. The molecule has 0 radical (unpaired) electrons. The fourth-order valence-electron chi connectivity index (χ4n) is 2.87. The van der Waals surface area contributed by atoms with Crippen LogP contribution in [0.5, 0.6) is 0 Å². The second-order valence-electron chi connectivity index (χ2n) is 7.03. The topological polar surface area (TPSA) is 88.3 Å². The lowest BCUT2D eigenvalue weighted by Gasteiger charge is -2.18. The van der Waals surface area contributed by atoms with Gasteiger partial charge in [-0.2, -0.15) is 0 Å². The van der Waals surface area contributed by atoms with Gasteiger partial charge in [0.2, 0.25) is 5.91 Å². The first-order chi connectivity index (χ1) is 14.3. The number of amides is 2. The molecule has 1 aromatic carbocycles. The largest absolute Gasteiger partial charge is 0.361 e. The van der Waals surface area contributed by atoms with Crippen molar-refractivity contribution in [2.75, 3.05) is 18.9 Å². The van der Waals surface area contributed by atoms with Crippen molar-refractivity contribution in [1.82, 2.24) is 15.0 Å². The summed E-state index contributed by atoms with van der Waals surface area (Å²) in [6.07, 6.45) is 1.64. The average Bonchev–Trinajstić information content (AvgIpc) is 3.14. The van der Waals surface area contributed by atoms with Crippen LogP contribution in [0.1, 0.15) is 32.9 Å². The average molecular weight is 425 g/mol. The van der Waals surface area contributed by atoms with Gasteiger partial charge in [0.05, 0.1) is 17.8 Å². The highest BCUT2D eigenvalue weighted by Gasteiger charge is 2.20. The van der Waals surface area contributed by atoms with Gasteiger partial charge < -0.3 is 14.7 Å². The van der Waals surface area contributed by atoms with Crippen LogP contribution in [0.4, 0.5) is 5.69 Å². The third kappa shape index (κ3) is 5.27. The highest BCUT2D eigenvalue weighted by atomic mass is 32.2. The monoisotopic (exact) mass is 424 g/mol. The fourth-order valence-corrected chi connectivity index (χ4v) is 3.73. The first-order valence-corrected chi connectivity index (χ1v) is 10.4. The number of nitrogens with zero attached hydrogens (tertiary/aromatic N) is 3. The third-order valence-corrected chi connectivity index (χ3v) is 5.68. The van der Waals surface area contributed by atoms with E-state index in [1.165, 1.54) is 16.7 Å². The van der Waals surface area contributed by atoms with E-state index in [1.54, 1.807) is 25.4 Å². The predicted octanol–water partition coefficient (Wildman–Crippen LogP) is 4.00. The van der Waals surface area contributed by atoms with E-state index in [4.69, 9.17) is 4.52 Å². The molecule has 30 heavy (non-hydrogen) atoms. The van der Waals surface area contributed by atoms with Gasteiger partial charge in [0.15, 0.2) is 0 Å². The van der Waals surface area contributed by atoms with Crippen molar-refractivity contribution in [2.24, 2.45) is 0 Å². The maximum Gasteiger partial charge on any atom is 0.256 e. The molecule has 2 amide bonds. The third-order valence-electron chi connectivity index (χ3n) is 4.64. The second-order valence-corrected chi connectivity index (χ2v) is 7.99. The van der Waals surface area contributed by atoms with E-state index in [-0.39, 0.29) is 18.4 Å². The number of pyridine rings is 1. The number of benzene rings is 1. The number of anilines is 1. The molecule has 0 bridgehead atoms. The van der Waals surface area contributed by atoms with Crippen molar-refractivity contribution in [1.29, 1.82) is 0 Å². The summed E-state index contributed by atoms with van der Waals surface area (Å²) in [6, 6.07) is 11.0. The number of thioether (sulfide) groups is 1. The van der Waals surface area contributed by atoms with Gasteiger partial charge in [0.25, 0.3) is 5.91 Å². The van der Waals surface area contributed by atoms with E-state index in [2.05, 4.69) is 15.5 Å². The molecule has 0 saturated heterocycles. The molecule has 0 saturated carbocycles. The van der Waals surface area contributed by atoms with Crippen LogP contribution in [0.25, 0.3) is 0 Å². The SMILES string of the molecule is Cc1cc(CSc2ncccc2C(=O)N(C)CC(=O)Nc2cccc(C)c2C)no1. The molecule has 0 fully saturated rings. The van der Waals surface area contributed by atoms with E-state index >= 15 is 0 Å². The Morgan fingerprint density at radius 3 is 2.70 bits per heavy atom. The summed E-state index contributed by atoms with van der Waals surface area (Å²) in [4.78, 5) is 31.1. The van der Waals surface area contributed by atoms with E-state index in [0.29, 0.717) is 16.3 Å². The zero-order valence-electron chi connectivity index (χ0n) is 17.4. The van der Waals surface area contributed by atoms with Gasteiger partial charge >= 0.3 is 0 Å². The van der Waals surface area contributed by atoms with Gasteiger partial charge in [-0.25, -0.2) is 4.98 Å². The molecule has 1 N–H and O–H groups in total. The number of carbonyl (C=O) groups excluding carboxylic acids is 2. The van der Waals surface area contributed by atoms with Gasteiger partial charge in [-0.15, -0.1) is 0 Å². The van der Waals surface area contributed by atoms with Crippen LogP contribution < -0.4 is 5.32 Å². The molecule has 0 aliphatic heterocycles. The molecule has 3 aromatic rings. The number of rotatable bonds is 7. The standard InChI is InChI=1S/C22H24N4O3S/c1-14-7-5-9-19(16(14)3)24-20(27)12-26(4)22(28)18-8-6-10-23-21(18)30-13-17-11-15(2)29-25-17/h5-11H,12-13H2,1-4H3,(H,24,27). The summed E-state index contributed by atoms with van der Waals surface area (Å²) >= 11 is 1.40. The summed E-state index contributed by atoms with van der Waals surface area (Å²) in [6.45, 7) is 5.71. The van der Waals surface area contributed by atoms with Crippen molar-refractivity contribution in [2.45, 2.75) is 31.6 Å². The van der Waals surface area contributed by atoms with Crippen molar-refractivity contribution in [3.63, 3.8) is 0 Å². The zero-order chi connectivity index (χ0) is 21.7. The molecule has 0 aliphatic rings. The maximum atomic E-state index is 12.9. The Bertz CT molecular complexity index is 1060. The normalized spacial score (nSPS) is 10.7. The van der Waals surface area contributed by atoms with Crippen LogP contribution in [0.15, 0.2) is 52.1 Å². The lowest BCUT2D eigenvalue weighted by Crippen LogP contribution is -2.35. The lowest BCUT2D eigenvalue weighted by atomic mass is 10.1. The summed E-state index contributed by atoms with van der Waals surface area (Å²) < 4.78 is 5.07. The molecule has 8 heteroatoms. The zero-order valence-corrected chi connectivity index (χ0v) is 18.2. The van der Waals surface area contributed by atoms with Gasteiger partial charge in [0, 0.05) is 30.8 Å². The smallest absolute Gasteiger partial charge is 0.256 e. The Labute approximate surface area is 179 Å². The molecular weight excluding hydrogens is 400 g/mol. The van der Waals surface area contributed by atoms with Gasteiger partial charge in [-0.3, -0.25) is 9.59 Å². The Morgan fingerprint density at radius 1 is 1.17 bits per heavy atom. The van der Waals surface area contributed by atoms with Crippen LogP contribution in [0, 0.1) is 20.8 Å². The summed E-state index contributed by atoms with van der Waals surface area (Å²) in [5.41, 5.74) is 4.08. The number of nitrogens with one attached hydrogen (secondary N) is 1. The summed E-state index contributed by atoms with van der Waals surface area (Å²) in [5, 5.41) is 7.43. The molecule has 0 unspecified atom stereocenters. The maximum absolute atomic E-state index is 12.9. The summed E-state index contributed by atoms with van der Waals surface area (Å²) in [7, 11) is 1.60. The Morgan fingerprint density at radius 2 is 1.97 bits per heavy atom. The highest BCUT2D eigenvalue weighted by molar-refractivity contribution is 7.98. The second kappa shape index (κ2) is 9.58. The van der Waals surface area contributed by atoms with Crippen molar-refractivity contribution in [3.8, 4) is 0 Å². The van der Waals surface area contributed by atoms with Crippen LogP contribution >= 0.6 is 11.8 Å². The minimum atomic E-state index is -0.266. The molecule has 0 aliphatic carbocycles. The first kappa shape index (κ1) is 21.6. The highest BCUT2D eigenvalue weighted by Crippen LogP contribution is 2.25. The van der Waals surface area contributed by atoms with Gasteiger partial charge in [-0.1, -0.05) is 29.1 Å². The molecule has 3 rings (SSSR count). The molecular formula is C22H24N4O3S. The first-order valence-electron chi connectivity index (χ1n) is 9.46. The van der Waals surface area contributed by atoms with Crippen LogP contribution in [0.3, 0.4) is 0 Å². The van der Waals surface area contributed by atoms with E-state index in [1.807, 2.05) is 45.0 Å².